The van der Waals surface area contributed by atoms with Crippen molar-refractivity contribution in [1.29, 1.82) is 0 Å². The Morgan fingerprint density at radius 1 is 1.25 bits per heavy atom. The van der Waals surface area contributed by atoms with Crippen LogP contribution in [0.5, 0.6) is 0 Å². The molecule has 2 heterocycles. The van der Waals surface area contributed by atoms with Crippen LogP contribution in [0.1, 0.15) is 22.4 Å². The van der Waals surface area contributed by atoms with Crippen molar-refractivity contribution >= 4 is 37.4 Å². The molecule has 7 nitrogen and oxygen atoms in total. The van der Waals surface area contributed by atoms with E-state index in [2.05, 4.69) is 15.3 Å². The predicted octanol–water partition coefficient (Wildman–Crippen LogP) is 2.40. The highest BCUT2D eigenvalue weighted by Gasteiger charge is 2.24. The van der Waals surface area contributed by atoms with Gasteiger partial charge in [0.15, 0.2) is 0 Å². The molecule has 0 atom stereocenters. The van der Waals surface area contributed by atoms with Crippen LogP contribution in [0.3, 0.4) is 0 Å². The van der Waals surface area contributed by atoms with E-state index in [4.69, 9.17) is 5.11 Å². The highest BCUT2D eigenvalue weighted by Crippen LogP contribution is 2.39. The third kappa shape index (κ3) is 3.39. The Kier molecular flexibility index (Phi) is 5.33. The second-order valence-electron chi connectivity index (χ2n) is 6.77. The number of sulfonamides is 1. The first kappa shape index (κ1) is 19.3. The Morgan fingerprint density at radius 3 is 2.89 bits per heavy atom. The minimum atomic E-state index is -3.67. The summed E-state index contributed by atoms with van der Waals surface area (Å²) in [6, 6.07) is 6.92. The second kappa shape index (κ2) is 7.75. The molecule has 2 aromatic heterocycles. The van der Waals surface area contributed by atoms with Crippen LogP contribution < -0.4 is 5.32 Å². The van der Waals surface area contributed by atoms with Gasteiger partial charge in [0.2, 0.25) is 10.0 Å². The number of rotatable bonds is 7. The van der Waals surface area contributed by atoms with E-state index in [9.17, 15) is 8.42 Å². The number of aliphatic hydroxyl groups excluding tert-OH is 1. The number of benzene rings is 1. The highest BCUT2D eigenvalue weighted by atomic mass is 32.2. The first-order valence-electron chi connectivity index (χ1n) is 9.16. The highest BCUT2D eigenvalue weighted by molar-refractivity contribution is 7.89. The normalized spacial score (nSPS) is 14.0. The fourth-order valence-corrected chi connectivity index (χ4v) is 6.18. The number of nitrogens with zero attached hydrogens (tertiary/aromatic N) is 3. The molecule has 1 aromatic carbocycles. The fourth-order valence-electron chi connectivity index (χ4n) is 3.57. The number of anilines is 1. The van der Waals surface area contributed by atoms with Crippen LogP contribution in [0, 0.1) is 0 Å². The van der Waals surface area contributed by atoms with Crippen molar-refractivity contribution in [2.24, 2.45) is 0 Å². The maximum Gasteiger partial charge on any atom is 0.243 e. The summed E-state index contributed by atoms with van der Waals surface area (Å²) in [5, 5.41) is 13.5. The molecule has 0 fully saturated rings. The lowest BCUT2D eigenvalue weighted by Crippen LogP contribution is -2.30. The average Bonchev–Trinajstić information content (AvgIpc) is 3.28. The smallest absolute Gasteiger partial charge is 0.243 e. The number of fused-ring (bicyclic) bond motifs is 3. The molecule has 0 saturated heterocycles. The van der Waals surface area contributed by atoms with E-state index in [1.807, 2.05) is 6.07 Å². The third-order valence-electron chi connectivity index (χ3n) is 5.02. The van der Waals surface area contributed by atoms with Gasteiger partial charge in [-0.25, -0.2) is 18.4 Å². The summed E-state index contributed by atoms with van der Waals surface area (Å²) in [5.41, 5.74) is 1.98. The van der Waals surface area contributed by atoms with Gasteiger partial charge in [-0.15, -0.1) is 11.3 Å². The summed E-state index contributed by atoms with van der Waals surface area (Å²) in [7, 11) is -2.20. The van der Waals surface area contributed by atoms with Gasteiger partial charge in [0, 0.05) is 25.0 Å². The first-order chi connectivity index (χ1) is 13.5. The van der Waals surface area contributed by atoms with E-state index in [0.717, 1.165) is 35.3 Å². The van der Waals surface area contributed by atoms with Gasteiger partial charge in [-0.2, -0.15) is 4.31 Å². The zero-order valence-corrected chi connectivity index (χ0v) is 17.2. The van der Waals surface area contributed by atoms with Crippen molar-refractivity contribution in [3.63, 3.8) is 0 Å². The summed E-state index contributed by atoms with van der Waals surface area (Å²) in [6.45, 7) is 0.162. The Morgan fingerprint density at radius 2 is 2.07 bits per heavy atom. The maximum atomic E-state index is 12.8. The van der Waals surface area contributed by atoms with E-state index in [0.29, 0.717) is 12.1 Å². The minimum Gasteiger partial charge on any atom is -0.395 e. The quantitative estimate of drug-likeness (QED) is 0.612. The average molecular weight is 419 g/mol. The number of aromatic nitrogens is 2. The number of thiophene rings is 1. The molecular formula is C19H22N4O3S2. The SMILES string of the molecule is CN(CCO)S(=O)(=O)c1ccccc1CNc1ncnc2sc3c(c12)CCC3. The summed E-state index contributed by atoms with van der Waals surface area (Å²) < 4.78 is 26.9. The number of nitrogens with one attached hydrogen (secondary N) is 1. The molecule has 0 unspecified atom stereocenters. The summed E-state index contributed by atoms with van der Waals surface area (Å²) in [5.74, 6) is 0.750. The van der Waals surface area contributed by atoms with Gasteiger partial charge in [0.1, 0.15) is 17.0 Å². The topological polar surface area (TPSA) is 95.4 Å². The Bertz CT molecular complexity index is 1110. The lowest BCUT2D eigenvalue weighted by atomic mass is 10.2. The van der Waals surface area contributed by atoms with Gasteiger partial charge in [-0.1, -0.05) is 18.2 Å². The number of hydrogen-bond donors (Lipinski definition) is 2. The van der Waals surface area contributed by atoms with Gasteiger partial charge in [-0.3, -0.25) is 0 Å². The molecule has 0 saturated carbocycles. The van der Waals surface area contributed by atoms with Crippen molar-refractivity contribution < 1.29 is 13.5 Å². The molecule has 3 aromatic rings. The minimum absolute atomic E-state index is 0.0532. The lowest BCUT2D eigenvalue weighted by Gasteiger charge is -2.18. The predicted molar refractivity (Wildman–Crippen MR) is 110 cm³/mol. The summed E-state index contributed by atoms with van der Waals surface area (Å²) in [4.78, 5) is 11.4. The van der Waals surface area contributed by atoms with E-state index in [-0.39, 0.29) is 18.0 Å². The van der Waals surface area contributed by atoms with Crippen LogP contribution in [0.15, 0.2) is 35.5 Å². The van der Waals surface area contributed by atoms with Crippen LogP contribution in [0.4, 0.5) is 5.82 Å². The zero-order valence-electron chi connectivity index (χ0n) is 15.6. The number of likely N-dealkylation sites (N-methyl/N-ethyl adjacent to an activating group) is 1. The van der Waals surface area contributed by atoms with Crippen molar-refractivity contribution in [1.82, 2.24) is 14.3 Å². The third-order valence-corrected chi connectivity index (χ3v) is 8.18. The van der Waals surface area contributed by atoms with Crippen LogP contribution in [-0.4, -0.2) is 48.0 Å². The molecular weight excluding hydrogens is 396 g/mol. The maximum absolute atomic E-state index is 12.8. The largest absolute Gasteiger partial charge is 0.395 e. The molecule has 4 rings (SSSR count). The van der Waals surface area contributed by atoms with Crippen molar-refractivity contribution in [3.8, 4) is 0 Å². The van der Waals surface area contributed by atoms with E-state index in [1.54, 1.807) is 35.9 Å². The molecule has 1 aliphatic rings. The Labute approximate surface area is 168 Å². The standard InChI is InChI=1S/C19H22N4O3S2/c1-23(9-10-24)28(25,26)16-8-3-2-5-13(16)11-20-18-17-14-6-4-7-15(14)27-19(17)22-12-21-18/h2-3,5,8,12,24H,4,6-7,9-11H2,1H3,(H,20,21,22). The summed E-state index contributed by atoms with van der Waals surface area (Å²) in [6.07, 6.45) is 4.83. The molecule has 0 radical (unpaired) electrons. The Balaban J connectivity index is 1.65. The monoisotopic (exact) mass is 418 g/mol. The number of aryl methyl sites for hydroxylation is 2. The molecule has 148 valence electrons. The molecule has 28 heavy (non-hydrogen) atoms. The fraction of sp³-hybridized carbons (Fsp3) is 0.368. The lowest BCUT2D eigenvalue weighted by molar-refractivity contribution is 0.266. The molecule has 0 spiro atoms. The van der Waals surface area contributed by atoms with Crippen LogP contribution >= 0.6 is 11.3 Å². The zero-order chi connectivity index (χ0) is 19.7. The van der Waals surface area contributed by atoms with Crippen LogP contribution in [-0.2, 0) is 29.4 Å². The second-order valence-corrected chi connectivity index (χ2v) is 9.87. The van der Waals surface area contributed by atoms with Crippen LogP contribution in [0.2, 0.25) is 0 Å². The first-order valence-corrected chi connectivity index (χ1v) is 11.4. The van der Waals surface area contributed by atoms with Gasteiger partial charge < -0.3 is 10.4 Å². The number of aliphatic hydroxyl groups is 1. The van der Waals surface area contributed by atoms with E-state index < -0.39 is 10.0 Å². The van der Waals surface area contributed by atoms with Gasteiger partial charge in [-0.05, 0) is 36.5 Å². The Hall–Kier alpha value is -2.07. The van der Waals surface area contributed by atoms with Gasteiger partial charge in [0.25, 0.3) is 0 Å². The van der Waals surface area contributed by atoms with E-state index >= 15 is 0 Å². The molecule has 2 N–H and O–H groups in total. The van der Waals surface area contributed by atoms with E-state index in [1.165, 1.54) is 21.8 Å². The van der Waals surface area contributed by atoms with Crippen molar-refractivity contribution in [3.05, 3.63) is 46.6 Å². The van der Waals surface area contributed by atoms with Gasteiger partial charge >= 0.3 is 0 Å². The van der Waals surface area contributed by atoms with Gasteiger partial charge in [0.05, 0.1) is 16.9 Å². The molecule has 0 amide bonds. The molecule has 0 bridgehead atoms. The molecule has 9 heteroatoms. The number of hydrogen-bond acceptors (Lipinski definition) is 7. The van der Waals surface area contributed by atoms with Crippen LogP contribution in [0.25, 0.3) is 10.2 Å². The van der Waals surface area contributed by atoms with Crippen molar-refractivity contribution in [2.45, 2.75) is 30.7 Å². The summed E-state index contributed by atoms with van der Waals surface area (Å²) >= 11 is 1.72. The molecule has 0 aliphatic heterocycles. The molecule has 1 aliphatic carbocycles. The van der Waals surface area contributed by atoms with Crippen molar-refractivity contribution in [2.75, 3.05) is 25.5 Å².